The number of carbonyl (C=O) groups excluding carboxylic acids is 2. The molecule has 0 radical (unpaired) electrons. The van der Waals surface area contributed by atoms with Crippen molar-refractivity contribution < 1.29 is 14.3 Å². The topological polar surface area (TPSA) is 86.3 Å². The molecule has 0 bridgehead atoms. The Morgan fingerprint density at radius 3 is 2.70 bits per heavy atom. The fourth-order valence-electron chi connectivity index (χ4n) is 2.92. The van der Waals surface area contributed by atoms with Crippen LogP contribution < -0.4 is 15.8 Å². The first-order chi connectivity index (χ1) is 12.9. The zero-order valence-corrected chi connectivity index (χ0v) is 15.4. The van der Waals surface area contributed by atoms with Crippen molar-refractivity contribution in [1.82, 2.24) is 4.57 Å². The molecular formula is C21H23N3O3. The van der Waals surface area contributed by atoms with Gasteiger partial charge in [0.1, 0.15) is 5.75 Å². The van der Waals surface area contributed by atoms with Gasteiger partial charge in [-0.1, -0.05) is 19.9 Å². The Balaban J connectivity index is 1.62. The molecule has 6 heteroatoms. The third kappa shape index (κ3) is 4.67. The van der Waals surface area contributed by atoms with Gasteiger partial charge in [-0.15, -0.1) is 0 Å². The number of primary amides is 1. The number of ether oxygens (including phenoxy) is 1. The van der Waals surface area contributed by atoms with Crippen LogP contribution in [0, 0.1) is 5.92 Å². The number of amides is 2. The maximum Gasteiger partial charge on any atom is 0.262 e. The Morgan fingerprint density at radius 2 is 1.96 bits per heavy atom. The van der Waals surface area contributed by atoms with Gasteiger partial charge >= 0.3 is 0 Å². The normalized spacial score (nSPS) is 10.9. The number of fused-ring (bicyclic) bond motifs is 1. The van der Waals surface area contributed by atoms with E-state index >= 15 is 0 Å². The zero-order chi connectivity index (χ0) is 19.4. The van der Waals surface area contributed by atoms with E-state index in [9.17, 15) is 9.59 Å². The minimum absolute atomic E-state index is 0.158. The molecule has 0 fully saturated rings. The van der Waals surface area contributed by atoms with E-state index in [-0.39, 0.29) is 12.5 Å². The van der Waals surface area contributed by atoms with Gasteiger partial charge in [-0.2, -0.15) is 0 Å². The number of aromatic nitrogens is 1. The van der Waals surface area contributed by atoms with Crippen molar-refractivity contribution in [2.75, 3.05) is 11.9 Å². The molecule has 0 saturated carbocycles. The van der Waals surface area contributed by atoms with Gasteiger partial charge in [0.25, 0.3) is 5.91 Å². The van der Waals surface area contributed by atoms with Crippen molar-refractivity contribution in [1.29, 1.82) is 0 Å². The molecule has 0 saturated heterocycles. The third-order valence-corrected chi connectivity index (χ3v) is 4.11. The Kier molecular flexibility index (Phi) is 5.45. The maximum absolute atomic E-state index is 12.2. The maximum atomic E-state index is 12.2. The quantitative estimate of drug-likeness (QED) is 0.673. The summed E-state index contributed by atoms with van der Waals surface area (Å²) in [6.07, 6.45) is 2.06. The van der Waals surface area contributed by atoms with E-state index in [2.05, 4.69) is 29.9 Å². The Bertz CT molecular complexity index is 976. The number of rotatable bonds is 7. The first kappa shape index (κ1) is 18.5. The summed E-state index contributed by atoms with van der Waals surface area (Å²) in [7, 11) is 0. The molecule has 27 heavy (non-hydrogen) atoms. The summed E-state index contributed by atoms with van der Waals surface area (Å²) < 4.78 is 7.65. The Morgan fingerprint density at radius 1 is 1.15 bits per heavy atom. The number of anilines is 1. The van der Waals surface area contributed by atoms with Crippen LogP contribution in [0.2, 0.25) is 0 Å². The molecule has 1 heterocycles. The summed E-state index contributed by atoms with van der Waals surface area (Å²) in [5.74, 6) is 0.163. The molecular weight excluding hydrogens is 342 g/mol. The van der Waals surface area contributed by atoms with Crippen molar-refractivity contribution in [3.05, 3.63) is 60.3 Å². The Hall–Kier alpha value is -3.28. The minimum atomic E-state index is -0.539. The molecule has 0 unspecified atom stereocenters. The van der Waals surface area contributed by atoms with Crippen molar-refractivity contribution in [3.63, 3.8) is 0 Å². The van der Waals surface area contributed by atoms with E-state index in [1.165, 1.54) is 6.07 Å². The summed E-state index contributed by atoms with van der Waals surface area (Å²) in [6, 6.07) is 14.3. The lowest BCUT2D eigenvalue weighted by Crippen LogP contribution is -2.20. The zero-order valence-electron chi connectivity index (χ0n) is 15.4. The van der Waals surface area contributed by atoms with Gasteiger partial charge in [0.05, 0.1) is 0 Å². The highest BCUT2D eigenvalue weighted by atomic mass is 16.5. The van der Waals surface area contributed by atoms with Crippen molar-refractivity contribution in [3.8, 4) is 5.75 Å². The highest BCUT2D eigenvalue weighted by molar-refractivity contribution is 5.95. The van der Waals surface area contributed by atoms with E-state index in [0.29, 0.717) is 22.9 Å². The highest BCUT2D eigenvalue weighted by Gasteiger charge is 2.08. The first-order valence-corrected chi connectivity index (χ1v) is 8.84. The fraction of sp³-hybridized carbons (Fsp3) is 0.238. The number of hydrogen-bond acceptors (Lipinski definition) is 3. The van der Waals surface area contributed by atoms with Gasteiger partial charge in [0, 0.05) is 34.9 Å². The smallest absolute Gasteiger partial charge is 0.262 e. The van der Waals surface area contributed by atoms with Crippen molar-refractivity contribution in [2.45, 2.75) is 20.4 Å². The highest BCUT2D eigenvalue weighted by Crippen LogP contribution is 2.21. The molecule has 0 atom stereocenters. The number of nitrogens with one attached hydrogen (secondary N) is 1. The lowest BCUT2D eigenvalue weighted by molar-refractivity contribution is -0.118. The third-order valence-electron chi connectivity index (χ3n) is 4.11. The van der Waals surface area contributed by atoms with Crippen LogP contribution in [0.25, 0.3) is 10.9 Å². The van der Waals surface area contributed by atoms with Gasteiger partial charge in [-0.3, -0.25) is 9.59 Å². The van der Waals surface area contributed by atoms with E-state index < -0.39 is 5.91 Å². The van der Waals surface area contributed by atoms with Crippen LogP contribution in [-0.2, 0) is 11.3 Å². The van der Waals surface area contributed by atoms with Gasteiger partial charge in [0.15, 0.2) is 6.61 Å². The standard InChI is InChI=1S/C21H23N3O3/c1-14(2)12-24-9-8-15-10-17(6-7-19(15)24)23-20(25)13-27-18-5-3-4-16(11-18)21(22)26/h3-11,14H,12-13H2,1-2H3,(H2,22,26)(H,23,25). The molecule has 2 amide bonds. The van der Waals surface area contributed by atoms with Crippen LogP contribution in [0.15, 0.2) is 54.7 Å². The molecule has 2 aromatic carbocycles. The van der Waals surface area contributed by atoms with E-state index in [4.69, 9.17) is 10.5 Å². The van der Waals surface area contributed by atoms with Crippen LogP contribution in [0.5, 0.6) is 5.75 Å². The van der Waals surface area contributed by atoms with Gasteiger partial charge < -0.3 is 20.4 Å². The molecule has 0 aliphatic carbocycles. The minimum Gasteiger partial charge on any atom is -0.484 e. The molecule has 3 aromatic rings. The summed E-state index contributed by atoms with van der Waals surface area (Å²) in [5, 5.41) is 3.90. The lowest BCUT2D eigenvalue weighted by Gasteiger charge is -2.10. The van der Waals surface area contributed by atoms with Crippen LogP contribution in [0.1, 0.15) is 24.2 Å². The van der Waals surface area contributed by atoms with Gasteiger partial charge in [0.2, 0.25) is 5.91 Å². The largest absolute Gasteiger partial charge is 0.484 e. The average molecular weight is 365 g/mol. The molecule has 0 aliphatic rings. The molecule has 3 rings (SSSR count). The molecule has 0 spiro atoms. The number of nitrogens with two attached hydrogens (primary N) is 1. The van der Waals surface area contributed by atoms with E-state index in [0.717, 1.165) is 17.4 Å². The summed E-state index contributed by atoms with van der Waals surface area (Å²) in [6.45, 7) is 5.15. The second-order valence-corrected chi connectivity index (χ2v) is 6.86. The van der Waals surface area contributed by atoms with Crippen LogP contribution in [0.3, 0.4) is 0 Å². The van der Waals surface area contributed by atoms with Crippen molar-refractivity contribution >= 4 is 28.4 Å². The number of carbonyl (C=O) groups is 2. The summed E-state index contributed by atoms with van der Waals surface area (Å²) >= 11 is 0. The van der Waals surface area contributed by atoms with Crippen molar-refractivity contribution in [2.24, 2.45) is 11.7 Å². The van der Waals surface area contributed by atoms with Crippen LogP contribution in [0.4, 0.5) is 5.69 Å². The first-order valence-electron chi connectivity index (χ1n) is 8.84. The van der Waals surface area contributed by atoms with Crippen LogP contribution in [-0.4, -0.2) is 23.0 Å². The number of nitrogens with zero attached hydrogens (tertiary/aromatic N) is 1. The molecule has 6 nitrogen and oxygen atoms in total. The van der Waals surface area contributed by atoms with E-state index in [1.54, 1.807) is 18.2 Å². The Labute approximate surface area is 157 Å². The fourth-order valence-corrected chi connectivity index (χ4v) is 2.92. The van der Waals surface area contributed by atoms with Crippen LogP contribution >= 0.6 is 0 Å². The second-order valence-electron chi connectivity index (χ2n) is 6.86. The molecule has 3 N–H and O–H groups in total. The second kappa shape index (κ2) is 7.95. The van der Waals surface area contributed by atoms with Gasteiger partial charge in [-0.25, -0.2) is 0 Å². The van der Waals surface area contributed by atoms with E-state index in [1.807, 2.05) is 24.3 Å². The monoisotopic (exact) mass is 365 g/mol. The predicted octanol–water partition coefficient (Wildman–Crippen LogP) is 3.41. The number of hydrogen-bond donors (Lipinski definition) is 2. The summed E-state index contributed by atoms with van der Waals surface area (Å²) in [5.41, 5.74) is 7.43. The molecule has 1 aromatic heterocycles. The lowest BCUT2D eigenvalue weighted by atomic mass is 10.2. The SMILES string of the molecule is CC(C)Cn1ccc2cc(NC(=O)COc3cccc(C(N)=O)c3)ccc21. The molecule has 0 aliphatic heterocycles. The molecule has 140 valence electrons. The number of benzene rings is 2. The average Bonchev–Trinajstić information content (AvgIpc) is 3.01. The van der Waals surface area contributed by atoms with Gasteiger partial charge in [-0.05, 0) is 48.4 Å². The summed E-state index contributed by atoms with van der Waals surface area (Å²) in [4.78, 5) is 23.3. The predicted molar refractivity (Wildman–Crippen MR) is 106 cm³/mol.